The quantitative estimate of drug-likeness (QED) is 0.741. The number of para-hydroxylation sites is 1. The molecule has 1 unspecified atom stereocenters. The summed E-state index contributed by atoms with van der Waals surface area (Å²) in [6.07, 6.45) is 0. The highest BCUT2D eigenvalue weighted by molar-refractivity contribution is 5.99. The lowest BCUT2D eigenvalue weighted by Gasteiger charge is -2.22. The molecule has 166 valence electrons. The van der Waals surface area contributed by atoms with Gasteiger partial charge in [0.05, 0.1) is 6.54 Å². The molecule has 0 saturated heterocycles. The highest BCUT2D eigenvalue weighted by atomic mass is 16.2. The molecule has 0 aliphatic carbocycles. The number of benzene rings is 2. The summed E-state index contributed by atoms with van der Waals surface area (Å²) in [7, 11) is 1.55. The van der Waals surface area contributed by atoms with Crippen LogP contribution in [0.5, 0.6) is 0 Å². The van der Waals surface area contributed by atoms with Gasteiger partial charge in [-0.25, -0.2) is 0 Å². The van der Waals surface area contributed by atoms with Crippen LogP contribution < -0.4 is 10.6 Å². The third-order valence-corrected chi connectivity index (χ3v) is 5.23. The molecule has 6 nitrogen and oxygen atoms in total. The van der Waals surface area contributed by atoms with Crippen LogP contribution in [0.15, 0.2) is 42.5 Å². The van der Waals surface area contributed by atoms with Crippen LogP contribution in [0, 0.1) is 13.8 Å². The number of carbonyl (C=O) groups is 3. The molecule has 0 heterocycles. The first-order valence-corrected chi connectivity index (χ1v) is 10.4. The zero-order valence-electron chi connectivity index (χ0n) is 19.5. The normalized spacial score (nSPS) is 12.1. The van der Waals surface area contributed by atoms with Gasteiger partial charge in [0.1, 0.15) is 6.04 Å². The Labute approximate surface area is 185 Å². The molecule has 2 aromatic carbocycles. The van der Waals surface area contributed by atoms with Gasteiger partial charge in [-0.1, -0.05) is 51.1 Å². The van der Waals surface area contributed by atoms with Crippen molar-refractivity contribution < 1.29 is 14.4 Å². The molecular weight excluding hydrogens is 390 g/mol. The van der Waals surface area contributed by atoms with Crippen LogP contribution in [0.4, 0.5) is 5.69 Å². The fourth-order valence-electron chi connectivity index (χ4n) is 3.28. The molecular formula is C25H33N3O3. The highest BCUT2D eigenvalue weighted by Crippen LogP contribution is 2.22. The summed E-state index contributed by atoms with van der Waals surface area (Å²) in [6.45, 7) is 11.7. The minimum atomic E-state index is -0.757. The van der Waals surface area contributed by atoms with Crippen molar-refractivity contribution in [2.45, 2.75) is 53.0 Å². The molecule has 0 fully saturated rings. The summed E-state index contributed by atoms with van der Waals surface area (Å²) in [5, 5.41) is 5.58. The van der Waals surface area contributed by atoms with Crippen molar-refractivity contribution in [1.82, 2.24) is 10.2 Å². The van der Waals surface area contributed by atoms with Gasteiger partial charge in [-0.05, 0) is 55.0 Å². The van der Waals surface area contributed by atoms with E-state index >= 15 is 0 Å². The average Bonchev–Trinajstić information content (AvgIpc) is 2.69. The molecule has 6 heteroatoms. The molecule has 0 aliphatic rings. The summed E-state index contributed by atoms with van der Waals surface area (Å²) >= 11 is 0. The number of likely N-dealkylation sites (N-methyl/N-ethyl adjacent to an activating group) is 1. The molecule has 0 bridgehead atoms. The van der Waals surface area contributed by atoms with Crippen molar-refractivity contribution in [1.29, 1.82) is 0 Å². The van der Waals surface area contributed by atoms with Gasteiger partial charge in [0, 0.05) is 18.3 Å². The van der Waals surface area contributed by atoms with Crippen molar-refractivity contribution in [2.75, 3.05) is 18.9 Å². The van der Waals surface area contributed by atoms with Crippen LogP contribution >= 0.6 is 0 Å². The van der Waals surface area contributed by atoms with Gasteiger partial charge < -0.3 is 15.5 Å². The minimum Gasteiger partial charge on any atom is -0.341 e. The summed E-state index contributed by atoms with van der Waals surface area (Å²) in [6, 6.07) is 12.4. The molecule has 2 N–H and O–H groups in total. The van der Waals surface area contributed by atoms with E-state index in [1.54, 1.807) is 26.1 Å². The van der Waals surface area contributed by atoms with Crippen LogP contribution in [-0.2, 0) is 15.0 Å². The smallest absolute Gasteiger partial charge is 0.251 e. The molecule has 0 saturated carbocycles. The number of hydrogen-bond donors (Lipinski definition) is 2. The van der Waals surface area contributed by atoms with Gasteiger partial charge in [-0.2, -0.15) is 0 Å². The summed E-state index contributed by atoms with van der Waals surface area (Å²) in [5.41, 5.74) is 4.29. The number of hydrogen-bond acceptors (Lipinski definition) is 3. The van der Waals surface area contributed by atoms with Crippen molar-refractivity contribution in [2.24, 2.45) is 0 Å². The van der Waals surface area contributed by atoms with Crippen LogP contribution in [0.25, 0.3) is 0 Å². The average molecular weight is 424 g/mol. The molecule has 1 atom stereocenters. The number of nitrogens with one attached hydrogen (secondary N) is 2. The first kappa shape index (κ1) is 24.1. The van der Waals surface area contributed by atoms with E-state index in [0.29, 0.717) is 5.56 Å². The zero-order valence-corrected chi connectivity index (χ0v) is 19.5. The van der Waals surface area contributed by atoms with Crippen molar-refractivity contribution in [3.63, 3.8) is 0 Å². The van der Waals surface area contributed by atoms with Crippen LogP contribution in [0.1, 0.15) is 54.7 Å². The SMILES string of the molecule is Cc1cccc(C)c1NC(=O)CN(C)C(=O)C(C)NC(=O)c1ccc(C(C)(C)C)cc1. The van der Waals surface area contributed by atoms with E-state index in [1.165, 1.54) is 4.90 Å². The highest BCUT2D eigenvalue weighted by Gasteiger charge is 2.22. The summed E-state index contributed by atoms with van der Waals surface area (Å²) in [4.78, 5) is 38.9. The Morgan fingerprint density at radius 2 is 1.52 bits per heavy atom. The van der Waals surface area contributed by atoms with Crippen molar-refractivity contribution in [3.8, 4) is 0 Å². The number of nitrogens with zero attached hydrogens (tertiary/aromatic N) is 1. The Morgan fingerprint density at radius 1 is 0.968 bits per heavy atom. The van der Waals surface area contributed by atoms with Crippen LogP contribution in [0.2, 0.25) is 0 Å². The number of amides is 3. The second-order valence-corrected chi connectivity index (χ2v) is 9.03. The molecule has 0 spiro atoms. The number of carbonyl (C=O) groups excluding carboxylic acids is 3. The lowest BCUT2D eigenvalue weighted by Crippen LogP contribution is -2.47. The molecule has 0 aromatic heterocycles. The van der Waals surface area contributed by atoms with E-state index in [-0.39, 0.29) is 29.7 Å². The van der Waals surface area contributed by atoms with Gasteiger partial charge >= 0.3 is 0 Å². The third-order valence-electron chi connectivity index (χ3n) is 5.23. The van der Waals surface area contributed by atoms with E-state index in [1.807, 2.05) is 44.2 Å². The van der Waals surface area contributed by atoms with E-state index in [9.17, 15) is 14.4 Å². The largest absolute Gasteiger partial charge is 0.341 e. The fraction of sp³-hybridized carbons (Fsp3) is 0.400. The zero-order chi connectivity index (χ0) is 23.3. The lowest BCUT2D eigenvalue weighted by molar-refractivity contribution is -0.134. The van der Waals surface area contributed by atoms with Gasteiger partial charge in [0.25, 0.3) is 5.91 Å². The van der Waals surface area contributed by atoms with E-state index < -0.39 is 6.04 Å². The van der Waals surface area contributed by atoms with E-state index in [2.05, 4.69) is 31.4 Å². The Hall–Kier alpha value is -3.15. The maximum atomic E-state index is 12.6. The fourth-order valence-corrected chi connectivity index (χ4v) is 3.28. The van der Waals surface area contributed by atoms with Gasteiger partial charge in [-0.3, -0.25) is 14.4 Å². The predicted octanol–water partition coefficient (Wildman–Crippen LogP) is 3.82. The Morgan fingerprint density at radius 3 is 2.03 bits per heavy atom. The van der Waals surface area contributed by atoms with Gasteiger partial charge in [0.2, 0.25) is 11.8 Å². The van der Waals surface area contributed by atoms with Gasteiger partial charge in [0.15, 0.2) is 0 Å². The van der Waals surface area contributed by atoms with Crippen molar-refractivity contribution >= 4 is 23.4 Å². The maximum absolute atomic E-state index is 12.6. The Kier molecular flexibility index (Phi) is 7.60. The van der Waals surface area contributed by atoms with E-state index in [0.717, 1.165) is 22.4 Å². The van der Waals surface area contributed by atoms with Gasteiger partial charge in [-0.15, -0.1) is 0 Å². The van der Waals surface area contributed by atoms with Crippen LogP contribution in [-0.4, -0.2) is 42.3 Å². The molecule has 2 aromatic rings. The number of aryl methyl sites for hydroxylation is 2. The monoisotopic (exact) mass is 423 g/mol. The summed E-state index contributed by atoms with van der Waals surface area (Å²) < 4.78 is 0. The topological polar surface area (TPSA) is 78.5 Å². The first-order chi connectivity index (χ1) is 14.4. The first-order valence-electron chi connectivity index (χ1n) is 10.4. The Balaban J connectivity index is 1.94. The third kappa shape index (κ3) is 6.41. The van der Waals surface area contributed by atoms with Crippen molar-refractivity contribution in [3.05, 3.63) is 64.7 Å². The second-order valence-electron chi connectivity index (χ2n) is 9.03. The standard InChI is InChI=1S/C25H33N3O3/c1-16-9-8-10-17(2)22(16)27-21(29)15-28(7)24(31)18(3)26-23(30)19-11-13-20(14-12-19)25(4,5)6/h8-14,18H,15H2,1-7H3,(H,26,30)(H,27,29). The minimum absolute atomic E-state index is 0.00161. The Bertz CT molecular complexity index is 939. The number of anilines is 1. The lowest BCUT2D eigenvalue weighted by atomic mass is 9.86. The van der Waals surface area contributed by atoms with Crippen LogP contribution in [0.3, 0.4) is 0 Å². The molecule has 0 aliphatic heterocycles. The molecule has 31 heavy (non-hydrogen) atoms. The molecule has 3 amide bonds. The number of rotatable bonds is 6. The van der Waals surface area contributed by atoms with E-state index in [4.69, 9.17) is 0 Å². The predicted molar refractivity (Wildman–Crippen MR) is 124 cm³/mol. The summed E-state index contributed by atoms with van der Waals surface area (Å²) in [5.74, 6) is -0.949. The maximum Gasteiger partial charge on any atom is 0.251 e. The molecule has 2 rings (SSSR count). The molecule has 0 radical (unpaired) electrons. The second kappa shape index (κ2) is 9.77.